The second kappa shape index (κ2) is 10.9. The fourth-order valence-corrected chi connectivity index (χ4v) is 4.95. The highest BCUT2D eigenvalue weighted by Crippen LogP contribution is 2.34. The molecule has 1 aromatic carbocycles. The summed E-state index contributed by atoms with van der Waals surface area (Å²) in [5.41, 5.74) is 4.24. The van der Waals surface area contributed by atoms with E-state index in [0.29, 0.717) is 15.3 Å². The van der Waals surface area contributed by atoms with Crippen LogP contribution in [0.5, 0.6) is 0 Å². The van der Waals surface area contributed by atoms with Gasteiger partial charge < -0.3 is 10.5 Å². The molecule has 0 spiro atoms. The van der Waals surface area contributed by atoms with E-state index < -0.39 is 38.7 Å². The lowest BCUT2D eigenvalue weighted by atomic mass is 10.2. The molecule has 0 fully saturated rings. The van der Waals surface area contributed by atoms with Gasteiger partial charge in [-0.3, -0.25) is 9.79 Å². The SMILES string of the molecule is CSCOC(=O)CN=C(C(Br)=C(N)C(F)(F)F)c1ccc(-c2cccc(S(C)(=O)=O)c2)s1. The number of carbonyl (C=O) groups excluding carboxylic acids is 1. The zero-order valence-electron chi connectivity index (χ0n) is 16.8. The Morgan fingerprint density at radius 1 is 1.28 bits per heavy atom. The number of nitrogens with zero attached hydrogens (tertiary/aromatic N) is 1. The van der Waals surface area contributed by atoms with Crippen LogP contribution in [0.15, 0.2) is 56.5 Å². The monoisotopic (exact) mass is 570 g/mol. The maximum atomic E-state index is 13.2. The van der Waals surface area contributed by atoms with Crippen LogP contribution in [0.1, 0.15) is 4.88 Å². The molecule has 2 aromatic rings. The highest BCUT2D eigenvalue weighted by atomic mass is 79.9. The van der Waals surface area contributed by atoms with E-state index in [2.05, 4.69) is 20.9 Å². The number of hydrogen-bond donors (Lipinski definition) is 1. The largest absolute Gasteiger partial charge is 0.453 e. The van der Waals surface area contributed by atoms with Crippen LogP contribution in [0.2, 0.25) is 0 Å². The smallest absolute Gasteiger partial charge is 0.431 e. The first-order chi connectivity index (χ1) is 14.8. The van der Waals surface area contributed by atoms with Gasteiger partial charge >= 0.3 is 12.1 Å². The number of allylic oxidation sites excluding steroid dienone is 2. The molecule has 0 unspecified atom stereocenters. The van der Waals surface area contributed by atoms with Crippen LogP contribution in [-0.4, -0.2) is 51.3 Å². The van der Waals surface area contributed by atoms with Crippen molar-refractivity contribution in [1.29, 1.82) is 0 Å². The number of aliphatic imine (C=N–C) groups is 1. The molecule has 0 atom stereocenters. The van der Waals surface area contributed by atoms with E-state index >= 15 is 0 Å². The van der Waals surface area contributed by atoms with Gasteiger partial charge in [0.1, 0.15) is 18.2 Å². The highest BCUT2D eigenvalue weighted by Gasteiger charge is 2.35. The molecule has 1 heterocycles. The van der Waals surface area contributed by atoms with Gasteiger partial charge in [-0.25, -0.2) is 8.42 Å². The van der Waals surface area contributed by atoms with Crippen molar-refractivity contribution in [3.8, 4) is 10.4 Å². The number of thioether (sulfide) groups is 1. The summed E-state index contributed by atoms with van der Waals surface area (Å²) in [5.74, 6) is -0.619. The van der Waals surface area contributed by atoms with Crippen molar-refractivity contribution in [1.82, 2.24) is 0 Å². The van der Waals surface area contributed by atoms with Crippen molar-refractivity contribution in [3.63, 3.8) is 0 Å². The third-order valence-electron chi connectivity index (χ3n) is 3.84. The zero-order chi connectivity index (χ0) is 24.1. The standard InChI is InChI=1S/C19H18BrF3N2O4S3/c1-30-10-29-15(26)9-25-17(16(20)18(24)19(21,22)23)14-7-6-13(31-14)11-4-3-5-12(8-11)32(2,27)28/h3-8H,9-10,24H2,1-2H3. The number of ether oxygens (including phenoxy) is 1. The van der Waals surface area contributed by atoms with E-state index in [4.69, 9.17) is 10.5 Å². The quantitative estimate of drug-likeness (QED) is 0.283. The maximum Gasteiger partial charge on any atom is 0.431 e. The molecule has 0 bridgehead atoms. The molecule has 0 aliphatic heterocycles. The average Bonchev–Trinajstić information content (AvgIpc) is 3.20. The lowest BCUT2D eigenvalue weighted by molar-refractivity contribution is -0.139. The summed E-state index contributed by atoms with van der Waals surface area (Å²) >= 11 is 5.19. The highest BCUT2D eigenvalue weighted by molar-refractivity contribution is 9.12. The Morgan fingerprint density at radius 3 is 2.56 bits per heavy atom. The van der Waals surface area contributed by atoms with Gasteiger partial charge in [0.05, 0.1) is 20.0 Å². The molecular formula is C19H18BrF3N2O4S3. The van der Waals surface area contributed by atoms with Crippen LogP contribution >= 0.6 is 39.0 Å². The van der Waals surface area contributed by atoms with E-state index in [-0.39, 0.29) is 16.5 Å². The Morgan fingerprint density at radius 2 is 1.97 bits per heavy atom. The minimum atomic E-state index is -4.82. The molecule has 32 heavy (non-hydrogen) atoms. The molecule has 0 saturated heterocycles. The summed E-state index contributed by atoms with van der Waals surface area (Å²) in [6, 6.07) is 9.30. The van der Waals surface area contributed by atoms with Crippen LogP contribution < -0.4 is 5.73 Å². The van der Waals surface area contributed by atoms with Gasteiger partial charge in [0.2, 0.25) is 0 Å². The zero-order valence-corrected chi connectivity index (χ0v) is 20.8. The normalized spacial score (nSPS) is 13.6. The number of benzene rings is 1. The lowest BCUT2D eigenvalue weighted by Gasteiger charge is -2.11. The molecule has 2 rings (SSSR count). The number of thiophene rings is 1. The van der Waals surface area contributed by atoms with Crippen LogP contribution in [-0.2, 0) is 19.4 Å². The van der Waals surface area contributed by atoms with Gasteiger partial charge in [0, 0.05) is 11.1 Å². The van der Waals surface area contributed by atoms with Gasteiger partial charge in [-0.15, -0.1) is 23.1 Å². The molecule has 13 heteroatoms. The van der Waals surface area contributed by atoms with Crippen LogP contribution in [0.3, 0.4) is 0 Å². The number of esters is 1. The van der Waals surface area contributed by atoms with Crippen molar-refractivity contribution >= 4 is 60.5 Å². The van der Waals surface area contributed by atoms with Crippen molar-refractivity contribution in [2.75, 3.05) is 25.0 Å². The van der Waals surface area contributed by atoms with Crippen molar-refractivity contribution < 1.29 is 31.1 Å². The first-order valence-electron chi connectivity index (χ1n) is 8.67. The third kappa shape index (κ3) is 7.09. The number of nitrogens with two attached hydrogens (primary N) is 1. The summed E-state index contributed by atoms with van der Waals surface area (Å²) in [4.78, 5) is 16.8. The molecule has 0 amide bonds. The molecule has 0 radical (unpaired) electrons. The van der Waals surface area contributed by atoms with Crippen molar-refractivity contribution in [2.45, 2.75) is 11.1 Å². The fourth-order valence-electron chi connectivity index (χ4n) is 2.32. The van der Waals surface area contributed by atoms with Crippen LogP contribution in [0.4, 0.5) is 13.2 Å². The van der Waals surface area contributed by atoms with Gasteiger partial charge in [0.15, 0.2) is 9.84 Å². The van der Waals surface area contributed by atoms with Crippen molar-refractivity contribution in [2.24, 2.45) is 10.7 Å². The number of hydrogen-bond acceptors (Lipinski definition) is 8. The average molecular weight is 571 g/mol. The molecule has 0 aliphatic carbocycles. The number of rotatable bonds is 8. The number of alkyl halides is 3. The molecule has 1 aromatic heterocycles. The third-order valence-corrected chi connectivity index (χ3v) is 7.25. The Balaban J connectivity index is 2.50. The maximum absolute atomic E-state index is 13.2. The number of halogens is 4. The van der Waals surface area contributed by atoms with E-state index in [0.717, 1.165) is 17.6 Å². The fraction of sp³-hybridized carbons (Fsp3) is 0.263. The van der Waals surface area contributed by atoms with Crippen molar-refractivity contribution in [3.05, 3.63) is 51.5 Å². The molecule has 6 nitrogen and oxygen atoms in total. The summed E-state index contributed by atoms with van der Waals surface area (Å²) in [6.07, 6.45) is -2.02. The van der Waals surface area contributed by atoms with E-state index in [1.807, 2.05) is 0 Å². The van der Waals surface area contributed by atoms with Gasteiger partial charge in [-0.2, -0.15) is 13.2 Å². The minimum Gasteiger partial charge on any atom is -0.453 e. The lowest BCUT2D eigenvalue weighted by Crippen LogP contribution is -2.23. The second-order valence-corrected chi connectivity index (χ2v) is 11.0. The van der Waals surface area contributed by atoms with E-state index in [1.165, 1.54) is 30.0 Å². The number of carbonyl (C=O) groups is 1. The molecule has 0 saturated carbocycles. The van der Waals surface area contributed by atoms with Gasteiger partial charge in [0.25, 0.3) is 0 Å². The van der Waals surface area contributed by atoms with E-state index in [9.17, 15) is 26.4 Å². The first kappa shape index (κ1) is 26.4. The Bertz CT molecular complexity index is 1160. The summed E-state index contributed by atoms with van der Waals surface area (Å²) in [7, 11) is -3.44. The van der Waals surface area contributed by atoms with E-state index in [1.54, 1.807) is 24.5 Å². The Kier molecular flexibility index (Phi) is 8.97. The summed E-state index contributed by atoms with van der Waals surface area (Å²) in [5, 5.41) is 0. The van der Waals surface area contributed by atoms with Crippen LogP contribution in [0.25, 0.3) is 10.4 Å². The van der Waals surface area contributed by atoms with Crippen LogP contribution in [0, 0.1) is 0 Å². The number of sulfone groups is 1. The first-order valence-corrected chi connectivity index (χ1v) is 13.6. The predicted molar refractivity (Wildman–Crippen MR) is 125 cm³/mol. The molecule has 174 valence electrons. The van der Waals surface area contributed by atoms with Gasteiger partial charge in [-0.1, -0.05) is 12.1 Å². The topological polar surface area (TPSA) is 98.8 Å². The summed E-state index contributed by atoms with van der Waals surface area (Å²) in [6.45, 7) is -0.507. The Labute approximate surface area is 199 Å². The second-order valence-electron chi connectivity index (χ2n) is 6.28. The minimum absolute atomic E-state index is 0.0885. The molecular weight excluding hydrogens is 553 g/mol. The molecule has 0 aliphatic rings. The van der Waals surface area contributed by atoms with Gasteiger partial charge in [-0.05, 0) is 52.0 Å². The predicted octanol–water partition coefficient (Wildman–Crippen LogP) is 4.60. The molecule has 2 N–H and O–H groups in total. The summed E-state index contributed by atoms with van der Waals surface area (Å²) < 4.78 is 67.5. The Hall–Kier alpha value is -1.83.